The summed E-state index contributed by atoms with van der Waals surface area (Å²) in [6.45, 7) is 1.57. The first-order chi connectivity index (χ1) is 8.65. The molecule has 0 aliphatic carbocycles. The minimum absolute atomic E-state index is 0. The lowest BCUT2D eigenvalue weighted by molar-refractivity contribution is -0.123. The van der Waals surface area contributed by atoms with Crippen LogP contribution in [0.2, 0.25) is 5.02 Å². The van der Waals surface area contributed by atoms with Crippen LogP contribution in [-0.4, -0.2) is 31.6 Å². The van der Waals surface area contributed by atoms with Crippen LogP contribution in [0.1, 0.15) is 6.42 Å². The van der Waals surface area contributed by atoms with Gasteiger partial charge in [-0.25, -0.2) is 4.39 Å². The summed E-state index contributed by atoms with van der Waals surface area (Å²) in [5.74, 6) is -0.337. The van der Waals surface area contributed by atoms with Gasteiger partial charge in [-0.1, -0.05) is 11.6 Å². The van der Waals surface area contributed by atoms with Crippen molar-refractivity contribution in [3.63, 3.8) is 0 Å². The number of hydrogen-bond acceptors (Lipinski definition) is 3. The second kappa shape index (κ2) is 7.53. The van der Waals surface area contributed by atoms with Gasteiger partial charge in [0.05, 0.1) is 5.02 Å². The molecular weight excluding hydrogens is 294 g/mol. The Balaban J connectivity index is 0.00000180. The van der Waals surface area contributed by atoms with Crippen molar-refractivity contribution in [3.05, 3.63) is 29.0 Å². The maximum Gasteiger partial charge on any atom is 0.258 e. The van der Waals surface area contributed by atoms with Crippen molar-refractivity contribution >= 4 is 29.9 Å². The highest BCUT2D eigenvalue weighted by molar-refractivity contribution is 6.32. The Morgan fingerprint density at radius 3 is 3.00 bits per heavy atom. The maximum atomic E-state index is 12.8. The van der Waals surface area contributed by atoms with E-state index in [-0.39, 0.29) is 36.0 Å². The van der Waals surface area contributed by atoms with E-state index < -0.39 is 5.82 Å². The summed E-state index contributed by atoms with van der Waals surface area (Å²) in [7, 11) is 0. The maximum absolute atomic E-state index is 12.8. The molecule has 1 heterocycles. The fourth-order valence-corrected chi connectivity index (χ4v) is 2.00. The molecule has 0 radical (unpaired) electrons. The standard InChI is InChI=1S/C12H14ClFN2O2.ClH/c13-10-5-8(14)1-2-11(10)18-7-12(17)16-9-3-4-15-6-9;/h1-2,5,9,15H,3-4,6-7H2,(H,16,17);1H. The minimum Gasteiger partial charge on any atom is -0.482 e. The number of carbonyl (C=O) groups excluding carboxylic acids is 1. The van der Waals surface area contributed by atoms with Gasteiger partial charge in [0.25, 0.3) is 5.91 Å². The number of amides is 1. The first kappa shape index (κ1) is 16.0. The third kappa shape index (κ3) is 4.86. The van der Waals surface area contributed by atoms with Crippen LogP contribution in [0.25, 0.3) is 0 Å². The molecule has 7 heteroatoms. The third-order valence-corrected chi connectivity index (χ3v) is 2.97. The number of hydrogen-bond donors (Lipinski definition) is 2. The summed E-state index contributed by atoms with van der Waals surface area (Å²) in [4.78, 5) is 11.6. The van der Waals surface area contributed by atoms with E-state index in [9.17, 15) is 9.18 Å². The van der Waals surface area contributed by atoms with Crippen LogP contribution in [-0.2, 0) is 4.79 Å². The van der Waals surface area contributed by atoms with Gasteiger partial charge in [0.2, 0.25) is 0 Å². The van der Waals surface area contributed by atoms with Gasteiger partial charge in [-0.3, -0.25) is 4.79 Å². The van der Waals surface area contributed by atoms with Gasteiger partial charge in [-0.15, -0.1) is 12.4 Å². The lowest BCUT2D eigenvalue weighted by atomic mass is 10.2. The number of nitrogens with one attached hydrogen (secondary N) is 2. The van der Waals surface area contributed by atoms with E-state index >= 15 is 0 Å². The summed E-state index contributed by atoms with van der Waals surface area (Å²) in [6.07, 6.45) is 0.920. The van der Waals surface area contributed by atoms with Crippen LogP contribution in [0, 0.1) is 5.82 Å². The molecule has 1 fully saturated rings. The lowest BCUT2D eigenvalue weighted by Crippen LogP contribution is -2.39. The molecule has 1 amide bonds. The lowest BCUT2D eigenvalue weighted by Gasteiger charge is -2.12. The highest BCUT2D eigenvalue weighted by atomic mass is 35.5. The molecule has 19 heavy (non-hydrogen) atoms. The van der Waals surface area contributed by atoms with Crippen LogP contribution in [0.15, 0.2) is 18.2 Å². The number of rotatable bonds is 4. The van der Waals surface area contributed by atoms with E-state index in [1.165, 1.54) is 12.1 Å². The van der Waals surface area contributed by atoms with Gasteiger partial charge in [-0.05, 0) is 31.2 Å². The van der Waals surface area contributed by atoms with E-state index in [0.29, 0.717) is 5.75 Å². The number of ether oxygens (including phenoxy) is 1. The predicted molar refractivity (Wildman–Crippen MR) is 73.6 cm³/mol. The molecule has 2 N–H and O–H groups in total. The Labute approximate surface area is 122 Å². The van der Waals surface area contributed by atoms with E-state index in [4.69, 9.17) is 16.3 Å². The summed E-state index contributed by atoms with van der Waals surface area (Å²) >= 11 is 5.78. The molecule has 1 unspecified atom stereocenters. The second-order valence-corrected chi connectivity index (χ2v) is 4.53. The highest BCUT2D eigenvalue weighted by Gasteiger charge is 2.16. The Morgan fingerprint density at radius 1 is 1.58 bits per heavy atom. The second-order valence-electron chi connectivity index (χ2n) is 4.12. The van der Waals surface area contributed by atoms with Crippen molar-refractivity contribution in [1.29, 1.82) is 0 Å². The van der Waals surface area contributed by atoms with Crippen molar-refractivity contribution in [2.45, 2.75) is 12.5 Å². The van der Waals surface area contributed by atoms with Crippen molar-refractivity contribution in [2.24, 2.45) is 0 Å². The molecule has 0 bridgehead atoms. The zero-order valence-corrected chi connectivity index (χ0v) is 11.7. The van der Waals surface area contributed by atoms with Gasteiger partial charge in [-0.2, -0.15) is 0 Å². The average molecular weight is 309 g/mol. The topological polar surface area (TPSA) is 50.4 Å². The van der Waals surface area contributed by atoms with Crippen molar-refractivity contribution < 1.29 is 13.9 Å². The molecule has 1 atom stereocenters. The molecule has 106 valence electrons. The van der Waals surface area contributed by atoms with E-state index in [2.05, 4.69) is 10.6 Å². The fraction of sp³-hybridized carbons (Fsp3) is 0.417. The normalized spacial score (nSPS) is 17.7. The van der Waals surface area contributed by atoms with Crippen molar-refractivity contribution in [2.75, 3.05) is 19.7 Å². The third-order valence-electron chi connectivity index (χ3n) is 2.68. The monoisotopic (exact) mass is 308 g/mol. The molecular formula is C12H15Cl2FN2O2. The van der Waals surface area contributed by atoms with Gasteiger partial charge < -0.3 is 15.4 Å². The molecule has 1 aromatic carbocycles. The van der Waals surface area contributed by atoms with E-state index in [1.54, 1.807) is 0 Å². The van der Waals surface area contributed by atoms with E-state index in [0.717, 1.165) is 25.6 Å². The quantitative estimate of drug-likeness (QED) is 0.891. The van der Waals surface area contributed by atoms with Gasteiger partial charge in [0.1, 0.15) is 11.6 Å². The molecule has 1 aliphatic heterocycles. The first-order valence-corrected chi connectivity index (χ1v) is 6.11. The van der Waals surface area contributed by atoms with Crippen LogP contribution in [0.5, 0.6) is 5.75 Å². The minimum atomic E-state index is -0.436. The zero-order chi connectivity index (χ0) is 13.0. The SMILES string of the molecule is Cl.O=C(COc1ccc(F)cc1Cl)NC1CCNC1. The largest absolute Gasteiger partial charge is 0.482 e. The van der Waals surface area contributed by atoms with Crippen LogP contribution in [0.3, 0.4) is 0 Å². The van der Waals surface area contributed by atoms with Crippen LogP contribution in [0.4, 0.5) is 4.39 Å². The Bertz CT molecular complexity index is 440. The number of benzene rings is 1. The number of carbonyl (C=O) groups is 1. The van der Waals surface area contributed by atoms with Crippen LogP contribution >= 0.6 is 24.0 Å². The molecule has 0 spiro atoms. The zero-order valence-electron chi connectivity index (χ0n) is 10.1. The molecule has 4 nitrogen and oxygen atoms in total. The Morgan fingerprint density at radius 2 is 2.37 bits per heavy atom. The Hall–Kier alpha value is -1.04. The summed E-state index contributed by atoms with van der Waals surface area (Å²) in [6, 6.07) is 3.95. The Kier molecular flexibility index (Phi) is 6.34. The molecule has 2 rings (SSSR count). The van der Waals surface area contributed by atoms with Crippen molar-refractivity contribution in [1.82, 2.24) is 10.6 Å². The molecule has 1 saturated heterocycles. The molecule has 1 aromatic rings. The summed E-state index contributed by atoms with van der Waals surface area (Å²) < 4.78 is 18.0. The predicted octanol–water partition coefficient (Wildman–Crippen LogP) is 1.76. The summed E-state index contributed by atoms with van der Waals surface area (Å²) in [5.41, 5.74) is 0. The fourth-order valence-electron chi connectivity index (χ4n) is 1.78. The highest BCUT2D eigenvalue weighted by Crippen LogP contribution is 2.24. The molecule has 0 saturated carbocycles. The van der Waals surface area contributed by atoms with Gasteiger partial charge in [0, 0.05) is 12.6 Å². The van der Waals surface area contributed by atoms with Crippen LogP contribution < -0.4 is 15.4 Å². The van der Waals surface area contributed by atoms with Gasteiger partial charge >= 0.3 is 0 Å². The van der Waals surface area contributed by atoms with E-state index in [1.807, 2.05) is 0 Å². The van der Waals surface area contributed by atoms with Gasteiger partial charge in [0.15, 0.2) is 6.61 Å². The first-order valence-electron chi connectivity index (χ1n) is 5.73. The number of halogens is 3. The smallest absolute Gasteiger partial charge is 0.258 e. The average Bonchev–Trinajstić information content (AvgIpc) is 2.80. The summed E-state index contributed by atoms with van der Waals surface area (Å²) in [5, 5.41) is 6.14. The van der Waals surface area contributed by atoms with Crippen molar-refractivity contribution in [3.8, 4) is 5.75 Å². The molecule has 0 aromatic heterocycles. The molecule has 1 aliphatic rings.